The minimum Gasteiger partial charge on any atom is -0.509 e. The van der Waals surface area contributed by atoms with E-state index in [4.69, 9.17) is 5.11 Å². The Labute approximate surface area is 108 Å². The largest absolute Gasteiger partial charge is 0.509 e. The maximum Gasteiger partial charge on any atom is 0.123 e. The molecule has 0 saturated carbocycles. The molecule has 96 valence electrons. The van der Waals surface area contributed by atoms with Crippen molar-refractivity contribution in [2.75, 3.05) is 0 Å². The van der Waals surface area contributed by atoms with Gasteiger partial charge >= 0.3 is 0 Å². The van der Waals surface area contributed by atoms with Gasteiger partial charge in [-0.15, -0.1) is 0 Å². The summed E-state index contributed by atoms with van der Waals surface area (Å²) >= 11 is 0. The molecule has 0 radical (unpaired) electrons. The maximum absolute atomic E-state index is 12.6. The van der Waals surface area contributed by atoms with Crippen LogP contribution in [0.5, 0.6) is 0 Å². The van der Waals surface area contributed by atoms with E-state index in [0.717, 1.165) is 0 Å². The number of rotatable bonds is 4. The lowest BCUT2D eigenvalue weighted by atomic mass is 10.3. The molecule has 1 N–H and O–H groups in total. The van der Waals surface area contributed by atoms with Gasteiger partial charge in [-0.1, -0.05) is 33.1 Å². The third-order valence-electron chi connectivity index (χ3n) is 1.70. The SMILES string of the molecule is C=C(O)/C=C\C(=C)C=Nc1ccc(F)cc1.CC. The maximum atomic E-state index is 12.6. The predicted octanol–water partition coefficient (Wildman–Crippen LogP) is 4.74. The fraction of sp³-hybridized carbons (Fsp3) is 0.133. The highest BCUT2D eigenvalue weighted by Crippen LogP contribution is 2.11. The van der Waals surface area contributed by atoms with Crippen LogP contribution in [0, 0.1) is 5.82 Å². The minimum absolute atomic E-state index is 0.0451. The van der Waals surface area contributed by atoms with Gasteiger partial charge in [0.05, 0.1) is 5.69 Å². The molecular weight excluding hydrogens is 229 g/mol. The highest BCUT2D eigenvalue weighted by molar-refractivity contribution is 5.83. The molecule has 0 fully saturated rings. The lowest BCUT2D eigenvalue weighted by Crippen LogP contribution is -1.78. The van der Waals surface area contributed by atoms with Crippen molar-refractivity contribution < 1.29 is 9.50 Å². The molecule has 0 aliphatic rings. The summed E-state index contributed by atoms with van der Waals surface area (Å²) in [5.41, 5.74) is 1.25. The van der Waals surface area contributed by atoms with E-state index < -0.39 is 0 Å². The fourth-order valence-electron chi connectivity index (χ4n) is 0.931. The molecule has 18 heavy (non-hydrogen) atoms. The second-order valence-electron chi connectivity index (χ2n) is 3.13. The highest BCUT2D eigenvalue weighted by atomic mass is 19.1. The predicted molar refractivity (Wildman–Crippen MR) is 75.9 cm³/mol. The summed E-state index contributed by atoms with van der Waals surface area (Å²) in [7, 11) is 0. The number of aliphatic hydroxyl groups is 1. The first-order valence-electron chi connectivity index (χ1n) is 5.62. The smallest absolute Gasteiger partial charge is 0.123 e. The third kappa shape index (κ3) is 7.17. The van der Waals surface area contributed by atoms with Gasteiger partial charge in [0.1, 0.15) is 11.6 Å². The fourth-order valence-corrected chi connectivity index (χ4v) is 0.931. The molecule has 0 saturated heterocycles. The summed E-state index contributed by atoms with van der Waals surface area (Å²) in [5.74, 6) is -0.342. The molecule has 0 spiro atoms. The Bertz CT molecular complexity index is 444. The first-order chi connectivity index (χ1) is 8.58. The van der Waals surface area contributed by atoms with Gasteiger partial charge in [-0.3, -0.25) is 4.99 Å². The van der Waals surface area contributed by atoms with Crippen molar-refractivity contribution in [3.05, 3.63) is 66.7 Å². The van der Waals surface area contributed by atoms with Crippen LogP contribution < -0.4 is 0 Å². The monoisotopic (exact) mass is 247 g/mol. The molecule has 0 atom stereocenters. The summed E-state index contributed by atoms with van der Waals surface area (Å²) in [4.78, 5) is 4.07. The molecule has 0 aliphatic carbocycles. The number of hydrogen-bond acceptors (Lipinski definition) is 2. The third-order valence-corrected chi connectivity index (χ3v) is 1.70. The van der Waals surface area contributed by atoms with Gasteiger partial charge in [0.25, 0.3) is 0 Å². The van der Waals surface area contributed by atoms with E-state index in [9.17, 15) is 4.39 Å². The van der Waals surface area contributed by atoms with Crippen LogP contribution in [-0.2, 0) is 0 Å². The summed E-state index contributed by atoms with van der Waals surface area (Å²) < 4.78 is 12.6. The van der Waals surface area contributed by atoms with E-state index in [2.05, 4.69) is 18.2 Å². The lowest BCUT2D eigenvalue weighted by molar-refractivity contribution is 0.435. The average molecular weight is 247 g/mol. The normalized spacial score (nSPS) is 10.2. The second-order valence-corrected chi connectivity index (χ2v) is 3.13. The van der Waals surface area contributed by atoms with Gasteiger partial charge in [-0.2, -0.15) is 0 Å². The van der Waals surface area contributed by atoms with Crippen molar-refractivity contribution in [3.63, 3.8) is 0 Å². The molecule has 1 aromatic rings. The van der Waals surface area contributed by atoms with Gasteiger partial charge in [0.15, 0.2) is 0 Å². The van der Waals surface area contributed by atoms with Gasteiger partial charge in [0, 0.05) is 6.21 Å². The summed E-state index contributed by atoms with van der Waals surface area (Å²) in [5, 5.41) is 8.81. The average Bonchev–Trinajstić information content (AvgIpc) is 2.38. The van der Waals surface area contributed by atoms with Crippen LogP contribution in [0.25, 0.3) is 0 Å². The molecule has 0 aromatic heterocycles. The molecular formula is C15H18FNO. The van der Waals surface area contributed by atoms with Crippen molar-refractivity contribution in [1.82, 2.24) is 0 Å². The Balaban J connectivity index is 0.00000137. The first-order valence-corrected chi connectivity index (χ1v) is 5.62. The first kappa shape index (κ1) is 15.8. The standard InChI is InChI=1S/C13H12FNO.C2H6/c1-10(3-4-11(2)16)9-15-13-7-5-12(14)6-8-13;1-2/h3-9,16H,1-2H2;1-2H3/b4-3-,15-9?;. The number of hydrogen-bond donors (Lipinski definition) is 1. The number of aliphatic imine (C=N–C) groups is 1. The van der Waals surface area contributed by atoms with Crippen molar-refractivity contribution in [3.8, 4) is 0 Å². The van der Waals surface area contributed by atoms with Crippen molar-refractivity contribution in [1.29, 1.82) is 0 Å². The summed E-state index contributed by atoms with van der Waals surface area (Å²) in [6.45, 7) is 11.0. The van der Waals surface area contributed by atoms with Gasteiger partial charge < -0.3 is 5.11 Å². The quantitative estimate of drug-likeness (QED) is 0.465. The zero-order valence-corrected chi connectivity index (χ0v) is 10.7. The van der Waals surface area contributed by atoms with E-state index >= 15 is 0 Å². The van der Waals surface area contributed by atoms with Gasteiger partial charge in [-0.05, 0) is 35.9 Å². The Kier molecular flexibility index (Phi) is 7.86. The zero-order valence-electron chi connectivity index (χ0n) is 10.7. The Morgan fingerprint density at radius 3 is 2.22 bits per heavy atom. The van der Waals surface area contributed by atoms with Crippen molar-refractivity contribution in [2.24, 2.45) is 4.99 Å². The molecule has 1 aromatic carbocycles. The minimum atomic E-state index is -0.297. The molecule has 0 unspecified atom stereocenters. The van der Waals surface area contributed by atoms with Crippen LogP contribution in [-0.4, -0.2) is 11.3 Å². The van der Waals surface area contributed by atoms with Crippen molar-refractivity contribution in [2.45, 2.75) is 13.8 Å². The van der Waals surface area contributed by atoms with Crippen LogP contribution >= 0.6 is 0 Å². The second kappa shape index (κ2) is 8.93. The number of benzene rings is 1. The number of aliphatic hydroxyl groups excluding tert-OH is 1. The highest BCUT2D eigenvalue weighted by Gasteiger charge is 1.89. The van der Waals surface area contributed by atoms with E-state index in [1.54, 1.807) is 18.2 Å². The molecule has 1 rings (SSSR count). The van der Waals surface area contributed by atoms with E-state index in [-0.39, 0.29) is 11.6 Å². The molecule has 3 heteroatoms. The zero-order chi connectivity index (χ0) is 14.0. The summed E-state index contributed by atoms with van der Waals surface area (Å²) in [6, 6.07) is 5.79. The Hall–Kier alpha value is -2.16. The molecule has 0 amide bonds. The Morgan fingerprint density at radius 2 is 1.72 bits per heavy atom. The summed E-state index contributed by atoms with van der Waals surface area (Å²) in [6.07, 6.45) is 4.51. The van der Waals surface area contributed by atoms with E-state index in [1.165, 1.54) is 24.4 Å². The van der Waals surface area contributed by atoms with Crippen LogP contribution in [0.2, 0.25) is 0 Å². The topological polar surface area (TPSA) is 32.6 Å². The van der Waals surface area contributed by atoms with Crippen LogP contribution in [0.3, 0.4) is 0 Å². The van der Waals surface area contributed by atoms with Gasteiger partial charge in [-0.25, -0.2) is 4.39 Å². The number of nitrogens with zero attached hydrogens (tertiary/aromatic N) is 1. The Morgan fingerprint density at radius 1 is 1.17 bits per heavy atom. The van der Waals surface area contributed by atoms with E-state index in [1.807, 2.05) is 13.8 Å². The van der Waals surface area contributed by atoms with Crippen molar-refractivity contribution >= 4 is 11.9 Å². The van der Waals surface area contributed by atoms with Crippen LogP contribution in [0.4, 0.5) is 10.1 Å². The lowest BCUT2D eigenvalue weighted by Gasteiger charge is -1.93. The van der Waals surface area contributed by atoms with Crippen LogP contribution in [0.15, 0.2) is 65.9 Å². The van der Waals surface area contributed by atoms with E-state index in [0.29, 0.717) is 11.3 Å². The van der Waals surface area contributed by atoms with Crippen LogP contribution in [0.1, 0.15) is 13.8 Å². The van der Waals surface area contributed by atoms with Gasteiger partial charge in [0.2, 0.25) is 0 Å². The molecule has 0 aliphatic heterocycles. The number of allylic oxidation sites excluding steroid dienone is 3. The number of halogens is 1. The molecule has 2 nitrogen and oxygen atoms in total. The molecule has 0 bridgehead atoms. The molecule has 0 heterocycles.